The summed E-state index contributed by atoms with van der Waals surface area (Å²) in [5.74, 6) is 0.468. The van der Waals surface area contributed by atoms with Crippen LogP contribution < -0.4 is 5.32 Å². The number of carbonyl (C=O) groups excluding carboxylic acids is 3. The van der Waals surface area contributed by atoms with Crippen molar-refractivity contribution in [1.29, 1.82) is 0 Å². The Labute approximate surface area is 178 Å². The molecule has 1 aromatic carbocycles. The van der Waals surface area contributed by atoms with Gasteiger partial charge in [0.2, 0.25) is 5.91 Å². The summed E-state index contributed by atoms with van der Waals surface area (Å²) in [6.07, 6.45) is 3.01. The summed E-state index contributed by atoms with van der Waals surface area (Å²) in [7, 11) is 0. The summed E-state index contributed by atoms with van der Waals surface area (Å²) in [5.41, 5.74) is 1.19. The molecule has 1 fully saturated rings. The van der Waals surface area contributed by atoms with Crippen molar-refractivity contribution in [1.82, 2.24) is 5.32 Å². The minimum Gasteiger partial charge on any atom is -0.466 e. The van der Waals surface area contributed by atoms with Gasteiger partial charge in [-0.2, -0.15) is 11.8 Å². The Kier molecular flexibility index (Phi) is 9.71. The van der Waals surface area contributed by atoms with Crippen molar-refractivity contribution in [3.05, 3.63) is 35.9 Å². The van der Waals surface area contributed by atoms with Gasteiger partial charge in [0.15, 0.2) is 5.78 Å². The third-order valence-corrected chi connectivity index (χ3v) is 6.26. The second-order valence-electron chi connectivity index (χ2n) is 7.83. The number of thioether (sulfide) groups is 1. The van der Waals surface area contributed by atoms with Gasteiger partial charge >= 0.3 is 5.97 Å². The zero-order valence-electron chi connectivity index (χ0n) is 17.7. The minimum absolute atomic E-state index is 0.0770. The zero-order valence-corrected chi connectivity index (χ0v) is 18.5. The lowest BCUT2D eigenvalue weighted by atomic mass is 9.97. The molecule has 0 heterocycles. The highest BCUT2D eigenvalue weighted by molar-refractivity contribution is 7.98. The second-order valence-corrected chi connectivity index (χ2v) is 8.86. The molecule has 0 aromatic heterocycles. The van der Waals surface area contributed by atoms with Gasteiger partial charge in [-0.15, -0.1) is 0 Å². The van der Waals surface area contributed by atoms with Crippen molar-refractivity contribution < 1.29 is 19.1 Å². The molecule has 1 aliphatic rings. The molecule has 0 radical (unpaired) electrons. The van der Waals surface area contributed by atoms with E-state index < -0.39 is 6.04 Å². The molecule has 160 valence electrons. The number of nitrogens with one attached hydrogen (secondary N) is 1. The van der Waals surface area contributed by atoms with Crippen LogP contribution in [0.5, 0.6) is 0 Å². The predicted octanol–water partition coefficient (Wildman–Crippen LogP) is 4.00. The molecular formula is C23H33NO4S. The van der Waals surface area contributed by atoms with Gasteiger partial charge in [0.25, 0.3) is 0 Å². The Morgan fingerprint density at radius 2 is 1.90 bits per heavy atom. The smallest absolute Gasteiger partial charge is 0.309 e. The number of esters is 1. The van der Waals surface area contributed by atoms with Gasteiger partial charge < -0.3 is 10.1 Å². The SMILES string of the molecule is CCCC(C)CC(=O)[C@H](CSCc1ccccc1)NC(=O)[C@H]1C[C@@H]1C(=O)OCC. The van der Waals surface area contributed by atoms with E-state index in [2.05, 4.69) is 31.3 Å². The molecule has 1 unspecified atom stereocenters. The molecule has 1 amide bonds. The van der Waals surface area contributed by atoms with Crippen LogP contribution >= 0.6 is 11.8 Å². The summed E-state index contributed by atoms with van der Waals surface area (Å²) in [6.45, 7) is 6.26. The number of amides is 1. The summed E-state index contributed by atoms with van der Waals surface area (Å²) in [6, 6.07) is 9.56. The first kappa shape index (κ1) is 23.5. The molecule has 1 saturated carbocycles. The van der Waals surface area contributed by atoms with Crippen LogP contribution in [-0.2, 0) is 24.9 Å². The van der Waals surface area contributed by atoms with Crippen molar-refractivity contribution in [2.75, 3.05) is 12.4 Å². The Hall–Kier alpha value is -1.82. The van der Waals surface area contributed by atoms with Crippen molar-refractivity contribution >= 4 is 29.4 Å². The summed E-state index contributed by atoms with van der Waals surface area (Å²) < 4.78 is 5.00. The molecule has 1 aromatic rings. The first-order valence-corrected chi connectivity index (χ1v) is 11.7. The Morgan fingerprint density at radius 3 is 2.55 bits per heavy atom. The maximum Gasteiger partial charge on any atom is 0.309 e. The van der Waals surface area contributed by atoms with E-state index in [1.54, 1.807) is 18.7 Å². The monoisotopic (exact) mass is 419 g/mol. The number of benzene rings is 1. The normalized spacial score (nSPS) is 19.8. The number of carbonyl (C=O) groups is 3. The maximum absolute atomic E-state index is 12.8. The molecule has 0 saturated heterocycles. The summed E-state index contributed by atoms with van der Waals surface area (Å²) in [5, 5.41) is 2.92. The highest BCUT2D eigenvalue weighted by Gasteiger charge is 2.49. The van der Waals surface area contributed by atoms with E-state index in [9.17, 15) is 14.4 Å². The van der Waals surface area contributed by atoms with Crippen LogP contribution in [0.1, 0.15) is 52.0 Å². The lowest BCUT2D eigenvalue weighted by Crippen LogP contribution is -2.44. The molecule has 1 N–H and O–H groups in total. The molecule has 6 heteroatoms. The van der Waals surface area contributed by atoms with E-state index in [4.69, 9.17) is 4.74 Å². The number of hydrogen-bond donors (Lipinski definition) is 1. The molecular weight excluding hydrogens is 386 g/mol. The number of ketones is 1. The number of ether oxygens (including phenoxy) is 1. The fourth-order valence-corrected chi connectivity index (χ4v) is 4.49. The van der Waals surface area contributed by atoms with Gasteiger partial charge in [0, 0.05) is 17.9 Å². The highest BCUT2D eigenvalue weighted by atomic mass is 32.2. The van der Waals surface area contributed by atoms with Crippen LogP contribution in [0.15, 0.2) is 30.3 Å². The van der Waals surface area contributed by atoms with Gasteiger partial charge in [0.1, 0.15) is 0 Å². The lowest BCUT2D eigenvalue weighted by Gasteiger charge is -2.19. The number of hydrogen-bond acceptors (Lipinski definition) is 5. The third-order valence-electron chi connectivity index (χ3n) is 5.15. The first-order chi connectivity index (χ1) is 14.0. The van der Waals surface area contributed by atoms with Crippen LogP contribution in [0.2, 0.25) is 0 Å². The number of rotatable bonds is 13. The third kappa shape index (κ3) is 7.84. The lowest BCUT2D eigenvalue weighted by molar-refractivity contribution is -0.146. The van der Waals surface area contributed by atoms with E-state index in [1.165, 1.54) is 5.56 Å². The van der Waals surface area contributed by atoms with Crippen molar-refractivity contribution in [2.45, 2.75) is 58.2 Å². The van der Waals surface area contributed by atoms with Crippen LogP contribution in [0.25, 0.3) is 0 Å². The largest absolute Gasteiger partial charge is 0.466 e. The van der Waals surface area contributed by atoms with Crippen LogP contribution in [0.4, 0.5) is 0 Å². The fourth-order valence-electron chi connectivity index (χ4n) is 3.44. The van der Waals surface area contributed by atoms with Gasteiger partial charge in [-0.1, -0.05) is 57.0 Å². The van der Waals surface area contributed by atoms with E-state index in [1.807, 2.05) is 18.2 Å². The molecule has 2 rings (SSSR count). The van der Waals surface area contributed by atoms with Gasteiger partial charge in [-0.25, -0.2) is 0 Å². The molecule has 5 nitrogen and oxygen atoms in total. The highest BCUT2D eigenvalue weighted by Crippen LogP contribution is 2.39. The van der Waals surface area contributed by atoms with Gasteiger partial charge in [-0.3, -0.25) is 14.4 Å². The average Bonchev–Trinajstić information content (AvgIpc) is 3.49. The average molecular weight is 420 g/mol. The molecule has 1 aliphatic carbocycles. The summed E-state index contributed by atoms with van der Waals surface area (Å²) >= 11 is 1.65. The molecule has 0 aliphatic heterocycles. The molecule has 29 heavy (non-hydrogen) atoms. The Bertz CT molecular complexity index is 679. The van der Waals surface area contributed by atoms with Crippen LogP contribution in [0, 0.1) is 17.8 Å². The quantitative estimate of drug-likeness (QED) is 0.489. The maximum atomic E-state index is 12.8. The van der Waals surface area contributed by atoms with E-state index >= 15 is 0 Å². The molecule has 0 bridgehead atoms. The summed E-state index contributed by atoms with van der Waals surface area (Å²) in [4.78, 5) is 37.3. The van der Waals surface area contributed by atoms with Crippen molar-refractivity contribution in [2.24, 2.45) is 17.8 Å². The van der Waals surface area contributed by atoms with E-state index in [0.29, 0.717) is 31.1 Å². The number of Topliss-reactive ketones (excluding diaryl/α,β-unsaturated/α-hetero) is 1. The van der Waals surface area contributed by atoms with E-state index in [0.717, 1.165) is 18.6 Å². The zero-order chi connectivity index (χ0) is 21.2. The van der Waals surface area contributed by atoms with Gasteiger partial charge in [-0.05, 0) is 24.8 Å². The van der Waals surface area contributed by atoms with Crippen molar-refractivity contribution in [3.63, 3.8) is 0 Å². The van der Waals surface area contributed by atoms with Crippen molar-refractivity contribution in [3.8, 4) is 0 Å². The second kappa shape index (κ2) is 12.0. The van der Waals surface area contributed by atoms with E-state index in [-0.39, 0.29) is 29.5 Å². The molecule has 0 spiro atoms. The Balaban J connectivity index is 1.91. The minimum atomic E-state index is -0.515. The predicted molar refractivity (Wildman–Crippen MR) is 116 cm³/mol. The fraction of sp³-hybridized carbons (Fsp3) is 0.609. The topological polar surface area (TPSA) is 72.5 Å². The van der Waals surface area contributed by atoms with Gasteiger partial charge in [0.05, 0.1) is 24.5 Å². The first-order valence-electron chi connectivity index (χ1n) is 10.6. The Morgan fingerprint density at radius 1 is 1.17 bits per heavy atom. The van der Waals surface area contributed by atoms with Crippen LogP contribution in [0.3, 0.4) is 0 Å². The standard InChI is InChI=1S/C23H33NO4S/c1-4-9-16(3)12-21(25)20(15-29-14-17-10-7-6-8-11-17)24-22(26)18-13-19(18)23(27)28-5-2/h6-8,10-11,16,18-20H,4-5,9,12-15H2,1-3H3,(H,24,26)/t16?,18-,19-,20-/m0/s1. The molecule has 4 atom stereocenters. The van der Waals surface area contributed by atoms with Crippen LogP contribution in [-0.4, -0.2) is 36.1 Å².